The van der Waals surface area contributed by atoms with Gasteiger partial charge in [-0.3, -0.25) is 4.79 Å². The molecule has 0 fully saturated rings. The minimum atomic E-state index is -0.0160. The summed E-state index contributed by atoms with van der Waals surface area (Å²) in [6, 6.07) is 0. The van der Waals surface area contributed by atoms with Crippen LogP contribution in [0.15, 0.2) is 0 Å². The zero-order valence-electron chi connectivity index (χ0n) is 39.5. The van der Waals surface area contributed by atoms with Gasteiger partial charge in [-0.1, -0.05) is 195 Å². The van der Waals surface area contributed by atoms with Crippen LogP contribution >= 0.6 is 0 Å². The molecular formula is C51H103NO5. The fraction of sp³-hybridized carbons (Fsp3) is 0.961. The number of ether oxygens (including phenoxy) is 2. The molecule has 0 aromatic carbocycles. The zero-order valence-corrected chi connectivity index (χ0v) is 39.5. The van der Waals surface area contributed by atoms with Gasteiger partial charge in [-0.2, -0.15) is 0 Å². The molecule has 0 saturated heterocycles. The van der Waals surface area contributed by atoms with Gasteiger partial charge in [0.25, 0.3) is 0 Å². The highest BCUT2D eigenvalue weighted by molar-refractivity contribution is 5.69. The van der Waals surface area contributed by atoms with Crippen LogP contribution in [0.3, 0.4) is 0 Å². The standard InChI is InChI=1S/C34H67NO4.C17H36O/c1-3-5-7-16-23-33(24-17-8-6-4-2)25-22-32-39-34(38)26-18-12-11-14-20-28-35(29-31-37)27-19-13-9-10-15-21-30-36;1-4-6-8-10-13-17(15-12-16-18-3)14-11-9-7-5-2/h30,33,37H,3-29,31-32H2,1-2H3;17H,4-16H2,1-3H3. The second-order valence-corrected chi connectivity index (χ2v) is 17.4. The number of rotatable bonds is 46. The van der Waals surface area contributed by atoms with Crippen molar-refractivity contribution < 1.29 is 24.2 Å². The van der Waals surface area contributed by atoms with Crippen molar-refractivity contribution in [3.8, 4) is 0 Å². The number of aldehydes is 1. The van der Waals surface area contributed by atoms with E-state index in [1.807, 2.05) is 7.11 Å². The third-order valence-electron chi connectivity index (χ3n) is 11.9. The van der Waals surface area contributed by atoms with E-state index in [0.29, 0.717) is 19.4 Å². The number of hydrogen-bond acceptors (Lipinski definition) is 6. The van der Waals surface area contributed by atoms with Crippen LogP contribution in [-0.2, 0) is 19.1 Å². The Bertz CT molecular complexity index is 740. The molecule has 1 N–H and O–H groups in total. The predicted octanol–water partition coefficient (Wildman–Crippen LogP) is 15.0. The van der Waals surface area contributed by atoms with E-state index < -0.39 is 0 Å². The van der Waals surface area contributed by atoms with Crippen molar-refractivity contribution in [1.29, 1.82) is 0 Å². The first-order chi connectivity index (χ1) is 28.0. The minimum Gasteiger partial charge on any atom is -0.466 e. The molecule has 342 valence electrons. The van der Waals surface area contributed by atoms with Gasteiger partial charge in [-0.25, -0.2) is 0 Å². The Hall–Kier alpha value is -0.980. The molecule has 0 aliphatic carbocycles. The first-order valence-corrected chi connectivity index (χ1v) is 25.4. The molecule has 0 aromatic heterocycles. The molecule has 6 nitrogen and oxygen atoms in total. The Labute approximate surface area is 357 Å². The van der Waals surface area contributed by atoms with E-state index in [9.17, 15) is 14.7 Å². The average Bonchev–Trinajstić information content (AvgIpc) is 3.21. The van der Waals surface area contributed by atoms with Crippen LogP contribution in [-0.4, -0.2) is 68.8 Å². The number of aliphatic hydroxyl groups is 1. The summed E-state index contributed by atoms with van der Waals surface area (Å²) in [5.74, 6) is 1.76. The molecule has 0 saturated carbocycles. The Balaban J connectivity index is 0. The summed E-state index contributed by atoms with van der Waals surface area (Å²) >= 11 is 0. The van der Waals surface area contributed by atoms with Crippen LogP contribution in [0.5, 0.6) is 0 Å². The maximum atomic E-state index is 12.2. The smallest absolute Gasteiger partial charge is 0.305 e. The molecule has 0 aromatic rings. The molecule has 6 heteroatoms. The zero-order chi connectivity index (χ0) is 42.1. The van der Waals surface area contributed by atoms with Gasteiger partial charge in [0.15, 0.2) is 0 Å². The molecule has 0 atom stereocenters. The fourth-order valence-electron chi connectivity index (χ4n) is 8.16. The maximum Gasteiger partial charge on any atom is 0.305 e. The normalized spacial score (nSPS) is 11.5. The van der Waals surface area contributed by atoms with E-state index in [1.54, 1.807) is 0 Å². The fourth-order valence-corrected chi connectivity index (χ4v) is 8.16. The van der Waals surface area contributed by atoms with Crippen LogP contribution < -0.4 is 0 Å². The molecule has 0 rings (SSSR count). The third kappa shape index (κ3) is 47.6. The number of carbonyl (C=O) groups excluding carboxylic acids is 2. The molecule has 0 aliphatic heterocycles. The first-order valence-electron chi connectivity index (χ1n) is 25.4. The number of hydrogen-bond donors (Lipinski definition) is 1. The summed E-state index contributed by atoms with van der Waals surface area (Å²) in [4.78, 5) is 24.9. The van der Waals surface area contributed by atoms with Gasteiger partial charge in [0.2, 0.25) is 0 Å². The summed E-state index contributed by atoms with van der Waals surface area (Å²) < 4.78 is 10.7. The van der Waals surface area contributed by atoms with Crippen LogP contribution in [0.2, 0.25) is 0 Å². The molecule has 0 aliphatic rings. The Morgan fingerprint density at radius 2 is 0.877 bits per heavy atom. The number of methoxy groups -OCH3 is 1. The van der Waals surface area contributed by atoms with Gasteiger partial charge in [0, 0.05) is 33.1 Å². The molecule has 57 heavy (non-hydrogen) atoms. The molecule has 0 unspecified atom stereocenters. The van der Waals surface area contributed by atoms with Crippen LogP contribution in [0.4, 0.5) is 0 Å². The monoisotopic (exact) mass is 810 g/mol. The number of nitrogens with zero attached hydrogens (tertiary/aromatic N) is 1. The maximum absolute atomic E-state index is 12.2. The van der Waals surface area contributed by atoms with Gasteiger partial charge in [0.05, 0.1) is 13.2 Å². The topological polar surface area (TPSA) is 76.1 Å². The van der Waals surface area contributed by atoms with Crippen molar-refractivity contribution >= 4 is 12.3 Å². The lowest BCUT2D eigenvalue weighted by molar-refractivity contribution is -0.144. The molecule has 0 bridgehead atoms. The van der Waals surface area contributed by atoms with Crippen molar-refractivity contribution in [2.24, 2.45) is 11.8 Å². The van der Waals surface area contributed by atoms with E-state index in [4.69, 9.17) is 9.47 Å². The second-order valence-electron chi connectivity index (χ2n) is 17.4. The number of carbonyl (C=O) groups is 2. The summed E-state index contributed by atoms with van der Waals surface area (Å²) in [7, 11) is 1.82. The van der Waals surface area contributed by atoms with Gasteiger partial charge < -0.3 is 24.3 Å². The molecule has 0 amide bonds. The summed E-state index contributed by atoms with van der Waals surface area (Å²) in [6.07, 6.45) is 46.0. The molecule has 0 radical (unpaired) electrons. The van der Waals surface area contributed by atoms with E-state index in [-0.39, 0.29) is 12.6 Å². The second kappa shape index (κ2) is 51.2. The Morgan fingerprint density at radius 3 is 1.30 bits per heavy atom. The molecule has 0 spiro atoms. The van der Waals surface area contributed by atoms with E-state index in [0.717, 1.165) is 89.3 Å². The van der Waals surface area contributed by atoms with E-state index in [2.05, 4.69) is 32.6 Å². The first kappa shape index (κ1) is 58.1. The third-order valence-corrected chi connectivity index (χ3v) is 11.9. The van der Waals surface area contributed by atoms with Crippen molar-refractivity contribution in [3.05, 3.63) is 0 Å². The number of aliphatic hydroxyl groups excluding tert-OH is 1. The highest BCUT2D eigenvalue weighted by Gasteiger charge is 2.11. The Kier molecular flexibility index (Phi) is 52.2. The summed E-state index contributed by atoms with van der Waals surface area (Å²) in [5.41, 5.74) is 0. The van der Waals surface area contributed by atoms with Gasteiger partial charge >= 0.3 is 5.97 Å². The lowest BCUT2D eigenvalue weighted by atomic mass is 9.91. The molecule has 0 heterocycles. The number of unbranched alkanes of at least 4 members (excludes halogenated alkanes) is 21. The van der Waals surface area contributed by atoms with Crippen LogP contribution in [0.25, 0.3) is 0 Å². The van der Waals surface area contributed by atoms with Crippen molar-refractivity contribution in [2.75, 3.05) is 46.6 Å². The van der Waals surface area contributed by atoms with Gasteiger partial charge in [0.1, 0.15) is 6.29 Å². The quantitative estimate of drug-likeness (QED) is 0.0375. The van der Waals surface area contributed by atoms with Crippen LogP contribution in [0.1, 0.15) is 259 Å². The predicted molar refractivity (Wildman–Crippen MR) is 248 cm³/mol. The van der Waals surface area contributed by atoms with Crippen molar-refractivity contribution in [1.82, 2.24) is 4.90 Å². The van der Waals surface area contributed by atoms with Crippen LogP contribution in [0, 0.1) is 11.8 Å². The number of esters is 1. The highest BCUT2D eigenvalue weighted by Crippen LogP contribution is 2.24. The average molecular weight is 810 g/mol. The SMILES string of the molecule is CCCCCCC(CCCCCC)CCCOC.CCCCCCC(CCCCCC)CCCOC(=O)CCCCCCCN(CCO)CCCCCCCC=O. The summed E-state index contributed by atoms with van der Waals surface area (Å²) in [6.45, 7) is 13.8. The van der Waals surface area contributed by atoms with E-state index >= 15 is 0 Å². The minimum absolute atomic E-state index is 0.0160. The van der Waals surface area contributed by atoms with Crippen molar-refractivity contribution in [2.45, 2.75) is 259 Å². The Morgan fingerprint density at radius 1 is 0.491 bits per heavy atom. The summed E-state index contributed by atoms with van der Waals surface area (Å²) in [5, 5.41) is 9.35. The van der Waals surface area contributed by atoms with Gasteiger partial charge in [-0.15, -0.1) is 0 Å². The lowest BCUT2D eigenvalue weighted by Crippen LogP contribution is -2.29. The highest BCUT2D eigenvalue weighted by atomic mass is 16.5. The largest absolute Gasteiger partial charge is 0.466 e. The molecular weight excluding hydrogens is 707 g/mol. The van der Waals surface area contributed by atoms with Gasteiger partial charge in [-0.05, 0) is 76.3 Å². The van der Waals surface area contributed by atoms with Crippen molar-refractivity contribution in [3.63, 3.8) is 0 Å². The van der Waals surface area contributed by atoms with E-state index in [1.165, 1.54) is 173 Å². The lowest BCUT2D eigenvalue weighted by Gasteiger charge is -2.21.